The van der Waals surface area contributed by atoms with Crippen molar-refractivity contribution in [3.05, 3.63) is 59.7 Å². The topological polar surface area (TPSA) is 135 Å². The predicted octanol–water partition coefficient (Wildman–Crippen LogP) is 0.635. The van der Waals surface area contributed by atoms with Crippen LogP contribution in [0.25, 0.3) is 0 Å². The minimum Gasteiger partial charge on any atom is -0.348 e. The Balaban J connectivity index is 2.11. The van der Waals surface area contributed by atoms with Gasteiger partial charge in [0, 0.05) is 6.54 Å². The fourth-order valence-electron chi connectivity index (χ4n) is 2.04. The summed E-state index contributed by atoms with van der Waals surface area (Å²) in [7, 11) is -7.29. The van der Waals surface area contributed by atoms with E-state index >= 15 is 0 Å². The van der Waals surface area contributed by atoms with Gasteiger partial charge in [0.15, 0.2) is 0 Å². The van der Waals surface area contributed by atoms with E-state index in [1.165, 1.54) is 36.4 Å². The third-order valence-corrected chi connectivity index (χ3v) is 4.69. The highest BCUT2D eigenvalue weighted by atomic mass is 32.2. The third-order valence-electron chi connectivity index (χ3n) is 3.17. The molecule has 0 spiro atoms. The Kier molecular flexibility index (Phi) is 5.45. The first kappa shape index (κ1) is 18.9. The molecule has 0 radical (unpaired) electrons. The van der Waals surface area contributed by atoms with E-state index in [1.807, 2.05) is 0 Å². The fourth-order valence-corrected chi connectivity index (χ4v) is 3.14. The Hall–Kier alpha value is -2.43. The van der Waals surface area contributed by atoms with E-state index in [1.54, 1.807) is 12.1 Å². The number of nitrogens with two attached hydrogens (primary N) is 1. The van der Waals surface area contributed by atoms with Gasteiger partial charge in [-0.25, -0.2) is 22.0 Å². The van der Waals surface area contributed by atoms with Crippen LogP contribution in [0.2, 0.25) is 0 Å². The molecule has 134 valence electrons. The normalized spacial score (nSPS) is 11.8. The molecule has 0 unspecified atom stereocenters. The Morgan fingerprint density at radius 3 is 2.16 bits per heavy atom. The number of benzene rings is 2. The zero-order chi connectivity index (χ0) is 18.7. The number of hydrogen-bond acceptors (Lipinski definition) is 5. The lowest BCUT2D eigenvalue weighted by Crippen LogP contribution is -2.24. The Bertz CT molecular complexity index is 984. The van der Waals surface area contributed by atoms with Crippen molar-refractivity contribution in [2.24, 2.45) is 5.14 Å². The molecule has 0 aromatic heterocycles. The minimum absolute atomic E-state index is 0.0229. The Morgan fingerprint density at radius 2 is 1.60 bits per heavy atom. The summed E-state index contributed by atoms with van der Waals surface area (Å²) in [6, 6.07) is 11.9. The molecule has 2 rings (SSSR count). The number of anilines is 1. The number of para-hydroxylation sites is 1. The number of rotatable bonds is 6. The van der Waals surface area contributed by atoms with Crippen LogP contribution in [0.4, 0.5) is 5.69 Å². The van der Waals surface area contributed by atoms with E-state index in [0.717, 1.165) is 6.26 Å². The summed E-state index contributed by atoms with van der Waals surface area (Å²) in [4.78, 5) is 12.3. The molecule has 1 amide bonds. The van der Waals surface area contributed by atoms with Gasteiger partial charge in [0.25, 0.3) is 5.91 Å². The first-order valence-corrected chi connectivity index (χ1v) is 10.5. The van der Waals surface area contributed by atoms with E-state index in [2.05, 4.69) is 10.0 Å². The molecule has 8 nitrogen and oxygen atoms in total. The second-order valence-electron chi connectivity index (χ2n) is 5.29. The van der Waals surface area contributed by atoms with Gasteiger partial charge in [-0.05, 0) is 29.8 Å². The minimum atomic E-state index is -3.77. The van der Waals surface area contributed by atoms with Gasteiger partial charge < -0.3 is 5.32 Å². The van der Waals surface area contributed by atoms with Gasteiger partial charge in [-0.3, -0.25) is 9.52 Å². The van der Waals surface area contributed by atoms with Crippen molar-refractivity contribution >= 4 is 31.6 Å². The second-order valence-corrected chi connectivity index (χ2v) is 8.60. The number of amides is 1. The zero-order valence-electron chi connectivity index (χ0n) is 13.3. The molecule has 0 aliphatic rings. The van der Waals surface area contributed by atoms with E-state index in [-0.39, 0.29) is 22.7 Å². The maximum absolute atomic E-state index is 12.3. The number of primary sulfonamides is 1. The summed E-state index contributed by atoms with van der Waals surface area (Å²) in [6.45, 7) is 0.136. The third kappa shape index (κ3) is 5.55. The first-order chi connectivity index (χ1) is 11.6. The SMILES string of the molecule is CS(=O)(=O)Nc1ccccc1C(=O)NCc1ccc(S(N)(=O)=O)cc1. The molecule has 0 saturated carbocycles. The molecule has 0 aliphatic carbocycles. The molecule has 0 atom stereocenters. The summed E-state index contributed by atoms with van der Waals surface area (Å²) >= 11 is 0. The van der Waals surface area contributed by atoms with E-state index in [0.29, 0.717) is 5.56 Å². The standard InChI is InChI=1S/C15H17N3O5S2/c1-24(20,21)18-14-5-3-2-4-13(14)15(19)17-10-11-6-8-12(9-7-11)25(16,22)23/h2-9,18H,10H2,1H3,(H,17,19)(H2,16,22,23). The molecular formula is C15H17N3O5S2. The summed E-state index contributed by atoms with van der Waals surface area (Å²) in [5.41, 5.74) is 1.01. The average Bonchev–Trinajstić information content (AvgIpc) is 2.51. The van der Waals surface area contributed by atoms with Crippen LogP contribution in [0.3, 0.4) is 0 Å². The lowest BCUT2D eigenvalue weighted by molar-refractivity contribution is 0.0952. The van der Waals surface area contributed by atoms with Gasteiger partial charge in [0.2, 0.25) is 20.0 Å². The molecule has 4 N–H and O–H groups in total. The zero-order valence-corrected chi connectivity index (χ0v) is 14.9. The Labute approximate surface area is 146 Å². The predicted molar refractivity (Wildman–Crippen MR) is 93.9 cm³/mol. The molecule has 0 bridgehead atoms. The number of carbonyl (C=O) groups is 1. The van der Waals surface area contributed by atoms with Gasteiger partial charge in [0.1, 0.15) is 0 Å². The quantitative estimate of drug-likeness (QED) is 0.672. The van der Waals surface area contributed by atoms with E-state index in [4.69, 9.17) is 5.14 Å². The van der Waals surface area contributed by atoms with E-state index < -0.39 is 26.0 Å². The number of nitrogens with one attached hydrogen (secondary N) is 2. The average molecular weight is 383 g/mol. The maximum atomic E-state index is 12.3. The molecule has 0 heterocycles. The number of sulfonamides is 2. The van der Waals surface area contributed by atoms with Crippen molar-refractivity contribution in [1.29, 1.82) is 0 Å². The highest BCUT2D eigenvalue weighted by Crippen LogP contribution is 2.16. The first-order valence-electron chi connectivity index (χ1n) is 7.03. The summed E-state index contributed by atoms with van der Waals surface area (Å²) in [5.74, 6) is -0.470. The number of carbonyl (C=O) groups excluding carboxylic acids is 1. The van der Waals surface area contributed by atoms with Crippen LogP contribution >= 0.6 is 0 Å². The summed E-state index contributed by atoms with van der Waals surface area (Å²) < 4.78 is 47.4. The lowest BCUT2D eigenvalue weighted by Gasteiger charge is -2.11. The molecule has 2 aromatic rings. The fraction of sp³-hybridized carbons (Fsp3) is 0.133. The molecule has 10 heteroatoms. The second kappa shape index (κ2) is 7.21. The van der Waals surface area contributed by atoms with Crippen LogP contribution in [0.15, 0.2) is 53.4 Å². The summed E-state index contributed by atoms with van der Waals surface area (Å²) in [5, 5.41) is 7.66. The van der Waals surface area contributed by atoms with Crippen molar-refractivity contribution < 1.29 is 21.6 Å². The van der Waals surface area contributed by atoms with Gasteiger partial charge in [-0.2, -0.15) is 0 Å². The van der Waals surface area contributed by atoms with Crippen LogP contribution in [0.5, 0.6) is 0 Å². The molecule has 0 aliphatic heterocycles. The van der Waals surface area contributed by atoms with Crippen molar-refractivity contribution in [2.45, 2.75) is 11.4 Å². The largest absolute Gasteiger partial charge is 0.348 e. The molecule has 0 saturated heterocycles. The summed E-state index contributed by atoms with van der Waals surface area (Å²) in [6.07, 6.45) is 0.995. The van der Waals surface area contributed by atoms with Crippen LogP contribution in [-0.4, -0.2) is 29.0 Å². The maximum Gasteiger partial charge on any atom is 0.253 e. The highest BCUT2D eigenvalue weighted by molar-refractivity contribution is 7.92. The lowest BCUT2D eigenvalue weighted by atomic mass is 10.1. The monoisotopic (exact) mass is 383 g/mol. The molecular weight excluding hydrogens is 366 g/mol. The van der Waals surface area contributed by atoms with Crippen molar-refractivity contribution in [1.82, 2.24) is 5.32 Å². The van der Waals surface area contributed by atoms with Crippen LogP contribution < -0.4 is 15.2 Å². The van der Waals surface area contributed by atoms with Gasteiger partial charge in [0.05, 0.1) is 22.4 Å². The molecule has 25 heavy (non-hydrogen) atoms. The van der Waals surface area contributed by atoms with Crippen molar-refractivity contribution in [3.8, 4) is 0 Å². The van der Waals surface area contributed by atoms with Crippen LogP contribution in [0.1, 0.15) is 15.9 Å². The van der Waals surface area contributed by atoms with Crippen LogP contribution in [0, 0.1) is 0 Å². The van der Waals surface area contributed by atoms with Gasteiger partial charge in [-0.1, -0.05) is 24.3 Å². The molecule has 2 aromatic carbocycles. The van der Waals surface area contributed by atoms with Crippen molar-refractivity contribution in [3.63, 3.8) is 0 Å². The molecule has 0 fully saturated rings. The number of hydrogen-bond donors (Lipinski definition) is 3. The van der Waals surface area contributed by atoms with Crippen molar-refractivity contribution in [2.75, 3.05) is 11.0 Å². The van der Waals surface area contributed by atoms with E-state index in [9.17, 15) is 21.6 Å². The highest BCUT2D eigenvalue weighted by Gasteiger charge is 2.13. The van der Waals surface area contributed by atoms with Gasteiger partial charge in [-0.15, -0.1) is 0 Å². The smallest absolute Gasteiger partial charge is 0.253 e. The van der Waals surface area contributed by atoms with Crippen LogP contribution in [-0.2, 0) is 26.6 Å². The van der Waals surface area contributed by atoms with Gasteiger partial charge >= 0.3 is 0 Å². The Morgan fingerprint density at radius 1 is 1.00 bits per heavy atom.